The average molecular weight is 337 g/mol. The molecule has 1 amide bonds. The number of methoxy groups -OCH3 is 1. The molecular weight excluding hydrogens is 314 g/mol. The van der Waals surface area contributed by atoms with E-state index in [4.69, 9.17) is 10.00 Å². The first-order valence-electron chi connectivity index (χ1n) is 8.25. The lowest BCUT2D eigenvalue weighted by molar-refractivity contribution is -0.117. The van der Waals surface area contributed by atoms with Gasteiger partial charge in [-0.05, 0) is 49.4 Å². The second-order valence-corrected chi connectivity index (χ2v) is 5.76. The molecular formula is C20H23N3O2. The van der Waals surface area contributed by atoms with E-state index >= 15 is 0 Å². The van der Waals surface area contributed by atoms with Crippen LogP contribution in [0.4, 0.5) is 5.69 Å². The van der Waals surface area contributed by atoms with Gasteiger partial charge in [0.25, 0.3) is 0 Å². The molecule has 0 aliphatic carbocycles. The molecule has 0 radical (unpaired) electrons. The Labute approximate surface area is 148 Å². The molecule has 2 rings (SSSR count). The lowest BCUT2D eigenvalue weighted by Crippen LogP contribution is -2.35. The number of likely N-dealkylation sites (N-methyl/N-ethyl adjacent to an activating group) is 1. The number of nitrogens with one attached hydrogen (secondary N) is 1. The van der Waals surface area contributed by atoms with Gasteiger partial charge in [0.15, 0.2) is 0 Å². The zero-order valence-electron chi connectivity index (χ0n) is 14.8. The van der Waals surface area contributed by atoms with Gasteiger partial charge in [-0.25, -0.2) is 0 Å². The Morgan fingerprint density at radius 2 is 2.04 bits per heavy atom. The summed E-state index contributed by atoms with van der Waals surface area (Å²) in [6.45, 7) is 5.11. The first kappa shape index (κ1) is 18.5. The summed E-state index contributed by atoms with van der Waals surface area (Å²) in [6.07, 6.45) is 0. The number of nitrogens with zero attached hydrogens (tertiary/aromatic N) is 2. The van der Waals surface area contributed by atoms with Crippen LogP contribution in [0.3, 0.4) is 0 Å². The number of carbonyl (C=O) groups is 1. The fraction of sp³-hybridized carbons (Fsp3) is 0.300. The molecule has 0 bridgehead atoms. The molecule has 0 aliphatic rings. The van der Waals surface area contributed by atoms with Crippen molar-refractivity contribution >= 4 is 11.6 Å². The van der Waals surface area contributed by atoms with Crippen molar-refractivity contribution in [2.24, 2.45) is 0 Å². The second-order valence-electron chi connectivity index (χ2n) is 5.76. The van der Waals surface area contributed by atoms with Crippen LogP contribution in [0.25, 0.3) is 0 Å². The molecule has 0 heterocycles. The summed E-state index contributed by atoms with van der Waals surface area (Å²) in [5.41, 5.74) is 2.25. The molecule has 130 valence electrons. The third kappa shape index (κ3) is 5.07. The normalized spacial score (nSPS) is 11.6. The molecule has 0 aromatic heterocycles. The Hall–Kier alpha value is -2.84. The zero-order valence-corrected chi connectivity index (χ0v) is 14.8. The van der Waals surface area contributed by atoms with Crippen LogP contribution in [0.1, 0.15) is 31.0 Å². The lowest BCUT2D eigenvalue weighted by atomic mass is 10.1. The number of rotatable bonds is 7. The molecule has 0 aliphatic heterocycles. The monoisotopic (exact) mass is 337 g/mol. The van der Waals surface area contributed by atoms with Gasteiger partial charge in [-0.3, -0.25) is 9.69 Å². The van der Waals surface area contributed by atoms with Crippen LogP contribution in [-0.4, -0.2) is 31.0 Å². The average Bonchev–Trinajstić information content (AvgIpc) is 2.65. The minimum atomic E-state index is -0.105. The number of carbonyl (C=O) groups excluding carboxylic acids is 1. The van der Waals surface area contributed by atoms with Crippen molar-refractivity contribution in [3.63, 3.8) is 0 Å². The van der Waals surface area contributed by atoms with E-state index in [1.54, 1.807) is 31.4 Å². The molecule has 1 unspecified atom stereocenters. The van der Waals surface area contributed by atoms with Gasteiger partial charge >= 0.3 is 0 Å². The predicted octanol–water partition coefficient (Wildman–Crippen LogP) is 3.59. The fourth-order valence-corrected chi connectivity index (χ4v) is 2.69. The summed E-state index contributed by atoms with van der Waals surface area (Å²) in [4.78, 5) is 14.5. The topological polar surface area (TPSA) is 65.4 Å². The van der Waals surface area contributed by atoms with Crippen molar-refractivity contribution in [2.75, 3.05) is 25.5 Å². The van der Waals surface area contributed by atoms with Crippen molar-refractivity contribution in [2.45, 2.75) is 19.9 Å². The molecule has 0 saturated carbocycles. The Bertz CT molecular complexity index is 768. The highest BCUT2D eigenvalue weighted by Crippen LogP contribution is 2.23. The molecule has 25 heavy (non-hydrogen) atoms. The van der Waals surface area contributed by atoms with E-state index in [-0.39, 0.29) is 18.5 Å². The van der Waals surface area contributed by atoms with Gasteiger partial charge in [0, 0.05) is 11.7 Å². The van der Waals surface area contributed by atoms with Gasteiger partial charge in [0.05, 0.1) is 25.3 Å². The Balaban J connectivity index is 2.04. The molecule has 0 fully saturated rings. The summed E-state index contributed by atoms with van der Waals surface area (Å²) < 4.78 is 5.28. The van der Waals surface area contributed by atoms with Crippen LogP contribution in [-0.2, 0) is 4.79 Å². The van der Waals surface area contributed by atoms with Crippen LogP contribution in [0, 0.1) is 11.3 Å². The zero-order chi connectivity index (χ0) is 18.2. The van der Waals surface area contributed by atoms with Crippen molar-refractivity contribution in [1.82, 2.24) is 4.90 Å². The quantitative estimate of drug-likeness (QED) is 0.838. The number of ether oxygens (including phenoxy) is 1. The number of amides is 1. The van der Waals surface area contributed by atoms with Gasteiger partial charge in [-0.15, -0.1) is 0 Å². The molecule has 2 aromatic rings. The summed E-state index contributed by atoms with van der Waals surface area (Å²) in [5, 5.41) is 11.8. The van der Waals surface area contributed by atoms with Crippen molar-refractivity contribution in [3.8, 4) is 11.8 Å². The Kier molecular flexibility index (Phi) is 6.55. The molecule has 1 atom stereocenters. The standard InChI is InChI=1S/C20H23N3O2/c1-4-23(15(2)17-8-6-10-19(12-17)25-3)14-20(24)22-18-9-5-7-16(11-18)13-21/h5-12,15H,4,14H2,1-3H3,(H,22,24). The number of hydrogen-bond donors (Lipinski definition) is 1. The van der Waals surface area contributed by atoms with E-state index < -0.39 is 0 Å². The van der Waals surface area contributed by atoms with E-state index in [1.807, 2.05) is 31.2 Å². The van der Waals surface area contributed by atoms with E-state index in [1.165, 1.54) is 0 Å². The van der Waals surface area contributed by atoms with Crippen LogP contribution < -0.4 is 10.1 Å². The lowest BCUT2D eigenvalue weighted by Gasteiger charge is -2.27. The maximum atomic E-state index is 12.4. The minimum absolute atomic E-state index is 0.0799. The molecule has 0 saturated heterocycles. The highest BCUT2D eigenvalue weighted by Gasteiger charge is 2.18. The minimum Gasteiger partial charge on any atom is -0.497 e. The summed E-state index contributed by atoms with van der Waals surface area (Å²) in [5.74, 6) is 0.699. The van der Waals surface area contributed by atoms with E-state index in [0.29, 0.717) is 11.3 Å². The number of nitriles is 1. The Morgan fingerprint density at radius 1 is 1.28 bits per heavy atom. The van der Waals surface area contributed by atoms with Crippen molar-refractivity contribution in [3.05, 3.63) is 59.7 Å². The van der Waals surface area contributed by atoms with Gasteiger partial charge in [-0.2, -0.15) is 5.26 Å². The third-order valence-electron chi connectivity index (χ3n) is 4.15. The summed E-state index contributed by atoms with van der Waals surface area (Å²) in [7, 11) is 1.64. The van der Waals surface area contributed by atoms with Crippen molar-refractivity contribution in [1.29, 1.82) is 5.26 Å². The van der Waals surface area contributed by atoms with E-state index in [2.05, 4.69) is 23.2 Å². The highest BCUT2D eigenvalue weighted by molar-refractivity contribution is 5.92. The van der Waals surface area contributed by atoms with Gasteiger partial charge in [-0.1, -0.05) is 25.1 Å². The number of hydrogen-bond acceptors (Lipinski definition) is 4. The first-order chi connectivity index (χ1) is 12.1. The molecule has 1 N–H and O–H groups in total. The first-order valence-corrected chi connectivity index (χ1v) is 8.25. The van der Waals surface area contributed by atoms with Crippen LogP contribution in [0.5, 0.6) is 5.75 Å². The van der Waals surface area contributed by atoms with Crippen LogP contribution in [0.15, 0.2) is 48.5 Å². The van der Waals surface area contributed by atoms with Gasteiger partial charge in [0.1, 0.15) is 5.75 Å². The smallest absolute Gasteiger partial charge is 0.238 e. The maximum Gasteiger partial charge on any atom is 0.238 e. The predicted molar refractivity (Wildman–Crippen MR) is 98.4 cm³/mol. The van der Waals surface area contributed by atoms with E-state index in [0.717, 1.165) is 17.9 Å². The van der Waals surface area contributed by atoms with Crippen LogP contribution in [0.2, 0.25) is 0 Å². The summed E-state index contributed by atoms with van der Waals surface area (Å²) in [6, 6.07) is 16.9. The molecule has 5 heteroatoms. The van der Waals surface area contributed by atoms with E-state index in [9.17, 15) is 4.79 Å². The third-order valence-corrected chi connectivity index (χ3v) is 4.15. The van der Waals surface area contributed by atoms with Gasteiger partial charge in [0.2, 0.25) is 5.91 Å². The SMILES string of the molecule is CCN(CC(=O)Nc1cccc(C#N)c1)C(C)c1cccc(OC)c1. The Morgan fingerprint density at radius 3 is 2.72 bits per heavy atom. The van der Waals surface area contributed by atoms with Gasteiger partial charge < -0.3 is 10.1 Å². The van der Waals surface area contributed by atoms with Crippen LogP contribution >= 0.6 is 0 Å². The molecule has 5 nitrogen and oxygen atoms in total. The summed E-state index contributed by atoms with van der Waals surface area (Å²) >= 11 is 0. The van der Waals surface area contributed by atoms with Crippen molar-refractivity contribution < 1.29 is 9.53 Å². The number of benzene rings is 2. The second kappa shape index (κ2) is 8.86. The largest absolute Gasteiger partial charge is 0.497 e. The number of anilines is 1. The fourth-order valence-electron chi connectivity index (χ4n) is 2.69. The maximum absolute atomic E-state index is 12.4. The molecule has 2 aromatic carbocycles. The highest BCUT2D eigenvalue weighted by atomic mass is 16.5. The molecule has 0 spiro atoms.